The van der Waals surface area contributed by atoms with Crippen LogP contribution in [0.3, 0.4) is 0 Å². The molecule has 2 rings (SSSR count). The second-order valence-electron chi connectivity index (χ2n) is 4.13. The Kier molecular flexibility index (Phi) is 2.80. The quantitative estimate of drug-likeness (QED) is 0.771. The van der Waals surface area contributed by atoms with Crippen LogP contribution in [0.4, 0.5) is 15.8 Å². The number of benzene rings is 1. The van der Waals surface area contributed by atoms with Gasteiger partial charge in [0.15, 0.2) is 0 Å². The molecule has 0 aliphatic heterocycles. The van der Waals surface area contributed by atoms with Crippen molar-refractivity contribution in [3.8, 4) is 0 Å². The first-order valence-corrected chi connectivity index (χ1v) is 5.54. The van der Waals surface area contributed by atoms with Crippen LogP contribution in [0.1, 0.15) is 26.2 Å². The fraction of sp³-hybridized carbons (Fsp3) is 0.500. The Hall–Kier alpha value is -1.25. The lowest BCUT2D eigenvalue weighted by molar-refractivity contribution is 0.628. The van der Waals surface area contributed by atoms with Gasteiger partial charge in [0.2, 0.25) is 0 Å². The predicted octanol–water partition coefficient (Wildman–Crippen LogP) is 2.79. The highest BCUT2D eigenvalue weighted by Gasteiger charge is 2.29. The minimum atomic E-state index is -0.261. The summed E-state index contributed by atoms with van der Waals surface area (Å²) in [4.78, 5) is 2.30. The minimum Gasteiger partial charge on any atom is -0.397 e. The number of halogens is 1. The second-order valence-corrected chi connectivity index (χ2v) is 4.13. The van der Waals surface area contributed by atoms with Crippen LogP contribution in [0.2, 0.25) is 0 Å². The highest BCUT2D eigenvalue weighted by molar-refractivity contribution is 5.68. The molecule has 1 aromatic rings. The van der Waals surface area contributed by atoms with E-state index in [0.717, 1.165) is 18.7 Å². The molecule has 0 bridgehead atoms. The van der Waals surface area contributed by atoms with Crippen LogP contribution in [0.5, 0.6) is 0 Å². The number of nitrogen functional groups attached to an aromatic ring is 1. The van der Waals surface area contributed by atoms with E-state index in [9.17, 15) is 4.39 Å². The molecular weight excluding hydrogens is 191 g/mol. The smallest absolute Gasteiger partial charge is 0.125 e. The van der Waals surface area contributed by atoms with E-state index in [2.05, 4.69) is 11.8 Å². The second kappa shape index (κ2) is 4.09. The SMILES string of the molecule is CCCN(c1ccc(F)cc1N)C1CC1. The van der Waals surface area contributed by atoms with Crippen molar-refractivity contribution in [2.24, 2.45) is 0 Å². The van der Waals surface area contributed by atoms with Gasteiger partial charge in [-0.15, -0.1) is 0 Å². The first kappa shape index (κ1) is 10.3. The first-order valence-electron chi connectivity index (χ1n) is 5.54. The van der Waals surface area contributed by atoms with Gasteiger partial charge in [-0.2, -0.15) is 0 Å². The third-order valence-electron chi connectivity index (χ3n) is 2.75. The molecule has 3 heteroatoms. The van der Waals surface area contributed by atoms with Crippen molar-refractivity contribution >= 4 is 11.4 Å². The molecule has 0 radical (unpaired) electrons. The Morgan fingerprint density at radius 2 is 2.20 bits per heavy atom. The number of nitrogens with two attached hydrogens (primary N) is 1. The lowest BCUT2D eigenvalue weighted by Crippen LogP contribution is -2.27. The Bertz CT molecular complexity index is 347. The van der Waals surface area contributed by atoms with Gasteiger partial charge in [-0.05, 0) is 37.5 Å². The van der Waals surface area contributed by atoms with Gasteiger partial charge in [0, 0.05) is 12.6 Å². The topological polar surface area (TPSA) is 29.3 Å². The van der Waals surface area contributed by atoms with E-state index < -0.39 is 0 Å². The molecule has 82 valence electrons. The molecule has 0 aromatic heterocycles. The lowest BCUT2D eigenvalue weighted by atomic mass is 10.2. The zero-order valence-electron chi connectivity index (χ0n) is 9.04. The maximum Gasteiger partial charge on any atom is 0.125 e. The Labute approximate surface area is 89.9 Å². The van der Waals surface area contributed by atoms with Gasteiger partial charge < -0.3 is 10.6 Å². The van der Waals surface area contributed by atoms with E-state index in [1.807, 2.05) is 0 Å². The first-order chi connectivity index (χ1) is 7.22. The zero-order valence-corrected chi connectivity index (χ0v) is 9.04. The van der Waals surface area contributed by atoms with E-state index in [-0.39, 0.29) is 5.82 Å². The molecule has 1 aliphatic rings. The van der Waals surface area contributed by atoms with E-state index >= 15 is 0 Å². The van der Waals surface area contributed by atoms with Crippen molar-refractivity contribution in [3.63, 3.8) is 0 Å². The van der Waals surface area contributed by atoms with E-state index in [4.69, 9.17) is 5.73 Å². The molecule has 1 aromatic carbocycles. The van der Waals surface area contributed by atoms with Crippen molar-refractivity contribution in [1.82, 2.24) is 0 Å². The van der Waals surface area contributed by atoms with Crippen molar-refractivity contribution in [1.29, 1.82) is 0 Å². The molecule has 2 N–H and O–H groups in total. The number of rotatable bonds is 4. The number of hydrogen-bond acceptors (Lipinski definition) is 2. The normalized spacial score (nSPS) is 15.3. The van der Waals surface area contributed by atoms with Crippen LogP contribution in [0.15, 0.2) is 18.2 Å². The average molecular weight is 208 g/mol. The molecule has 0 saturated heterocycles. The zero-order chi connectivity index (χ0) is 10.8. The molecule has 0 spiro atoms. The monoisotopic (exact) mass is 208 g/mol. The minimum absolute atomic E-state index is 0.261. The van der Waals surface area contributed by atoms with Crippen LogP contribution < -0.4 is 10.6 Å². The molecule has 1 saturated carbocycles. The fourth-order valence-corrected chi connectivity index (χ4v) is 1.91. The number of anilines is 2. The summed E-state index contributed by atoms with van der Waals surface area (Å²) in [5.74, 6) is -0.261. The molecule has 0 atom stereocenters. The van der Waals surface area contributed by atoms with Crippen molar-refractivity contribution in [2.75, 3.05) is 17.2 Å². The molecule has 0 unspecified atom stereocenters. The highest BCUT2D eigenvalue weighted by atomic mass is 19.1. The molecule has 0 heterocycles. The third kappa shape index (κ3) is 2.22. The van der Waals surface area contributed by atoms with Crippen molar-refractivity contribution < 1.29 is 4.39 Å². The molecular formula is C12H17FN2. The molecule has 1 fully saturated rings. The van der Waals surface area contributed by atoms with Crippen LogP contribution >= 0.6 is 0 Å². The van der Waals surface area contributed by atoms with Gasteiger partial charge in [0.25, 0.3) is 0 Å². The molecule has 15 heavy (non-hydrogen) atoms. The summed E-state index contributed by atoms with van der Waals surface area (Å²) in [6.07, 6.45) is 3.56. The van der Waals surface area contributed by atoms with E-state index in [1.54, 1.807) is 6.07 Å². The summed E-state index contributed by atoms with van der Waals surface area (Å²) in [7, 11) is 0. The summed E-state index contributed by atoms with van der Waals surface area (Å²) >= 11 is 0. The van der Waals surface area contributed by atoms with E-state index in [0.29, 0.717) is 11.7 Å². The lowest BCUT2D eigenvalue weighted by Gasteiger charge is -2.25. The van der Waals surface area contributed by atoms with Crippen LogP contribution in [-0.4, -0.2) is 12.6 Å². The molecule has 1 aliphatic carbocycles. The van der Waals surface area contributed by atoms with E-state index in [1.165, 1.54) is 25.0 Å². The standard InChI is InChI=1S/C12H17FN2/c1-2-7-15(10-4-5-10)12-6-3-9(13)8-11(12)14/h3,6,8,10H,2,4-5,7,14H2,1H3. The Balaban J connectivity index is 2.24. The van der Waals surface area contributed by atoms with Gasteiger partial charge in [-0.3, -0.25) is 0 Å². The van der Waals surface area contributed by atoms with Crippen LogP contribution in [0.25, 0.3) is 0 Å². The summed E-state index contributed by atoms with van der Waals surface area (Å²) in [5.41, 5.74) is 7.37. The average Bonchev–Trinajstić information content (AvgIpc) is 2.98. The van der Waals surface area contributed by atoms with Gasteiger partial charge in [-0.25, -0.2) is 4.39 Å². The summed E-state index contributed by atoms with van der Waals surface area (Å²) in [6.45, 7) is 3.15. The summed E-state index contributed by atoms with van der Waals surface area (Å²) in [5, 5.41) is 0. The highest BCUT2D eigenvalue weighted by Crippen LogP contribution is 2.34. The summed E-state index contributed by atoms with van der Waals surface area (Å²) < 4.78 is 12.9. The largest absolute Gasteiger partial charge is 0.397 e. The van der Waals surface area contributed by atoms with Gasteiger partial charge in [0.1, 0.15) is 5.82 Å². The molecule has 2 nitrogen and oxygen atoms in total. The van der Waals surface area contributed by atoms with Crippen molar-refractivity contribution in [3.05, 3.63) is 24.0 Å². The third-order valence-corrected chi connectivity index (χ3v) is 2.75. The number of nitrogens with zero attached hydrogens (tertiary/aromatic N) is 1. The van der Waals surface area contributed by atoms with Gasteiger partial charge in [-0.1, -0.05) is 6.92 Å². The van der Waals surface area contributed by atoms with Gasteiger partial charge in [0.05, 0.1) is 11.4 Å². The Morgan fingerprint density at radius 1 is 1.47 bits per heavy atom. The maximum atomic E-state index is 12.9. The maximum absolute atomic E-state index is 12.9. The fourth-order valence-electron chi connectivity index (χ4n) is 1.91. The Morgan fingerprint density at radius 3 is 2.73 bits per heavy atom. The van der Waals surface area contributed by atoms with Gasteiger partial charge >= 0.3 is 0 Å². The summed E-state index contributed by atoms with van der Waals surface area (Å²) in [6, 6.07) is 5.30. The molecule has 0 amide bonds. The number of hydrogen-bond donors (Lipinski definition) is 1. The van der Waals surface area contributed by atoms with Crippen molar-refractivity contribution in [2.45, 2.75) is 32.2 Å². The van der Waals surface area contributed by atoms with Crippen LogP contribution in [-0.2, 0) is 0 Å². The predicted molar refractivity (Wildman–Crippen MR) is 61.5 cm³/mol. The van der Waals surface area contributed by atoms with Crippen LogP contribution in [0, 0.1) is 5.82 Å².